The largest absolute Gasteiger partial charge is 0.455 e. The molecular weight excluding hydrogens is 495 g/mol. The molecular formula is C24H22Cl2N4O5. The lowest BCUT2D eigenvalue weighted by Gasteiger charge is -2.20. The highest BCUT2D eigenvalue weighted by atomic mass is 35.5. The molecule has 0 radical (unpaired) electrons. The van der Waals surface area contributed by atoms with Crippen LogP contribution in [0, 0.1) is 23.0 Å². The van der Waals surface area contributed by atoms with Crippen molar-refractivity contribution in [1.29, 1.82) is 0 Å². The third kappa shape index (κ3) is 6.46. The van der Waals surface area contributed by atoms with Crippen LogP contribution in [0.4, 0.5) is 5.69 Å². The Morgan fingerprint density at radius 1 is 1.11 bits per heavy atom. The van der Waals surface area contributed by atoms with Crippen molar-refractivity contribution in [3.63, 3.8) is 0 Å². The first-order valence-corrected chi connectivity index (χ1v) is 11.3. The predicted octanol–water partition coefficient (Wildman–Crippen LogP) is 5.37. The van der Waals surface area contributed by atoms with Gasteiger partial charge >= 0.3 is 0 Å². The van der Waals surface area contributed by atoms with Gasteiger partial charge in [-0.15, -0.1) is 0 Å². The second-order valence-electron chi connectivity index (χ2n) is 8.01. The van der Waals surface area contributed by atoms with Crippen molar-refractivity contribution in [3.05, 3.63) is 85.6 Å². The summed E-state index contributed by atoms with van der Waals surface area (Å²) in [4.78, 5) is 35.7. The molecule has 11 heteroatoms. The van der Waals surface area contributed by atoms with Crippen LogP contribution in [0.25, 0.3) is 11.3 Å². The molecule has 0 saturated carbocycles. The van der Waals surface area contributed by atoms with Gasteiger partial charge in [-0.1, -0.05) is 37.0 Å². The van der Waals surface area contributed by atoms with Gasteiger partial charge in [-0.05, 0) is 54.8 Å². The molecule has 0 bridgehead atoms. The smallest absolute Gasteiger partial charge is 0.269 e. The Morgan fingerprint density at radius 2 is 1.86 bits per heavy atom. The molecule has 1 atom stereocenters. The molecule has 0 aliphatic carbocycles. The first-order chi connectivity index (χ1) is 16.6. The third-order valence-electron chi connectivity index (χ3n) is 5.09. The Morgan fingerprint density at radius 3 is 2.49 bits per heavy atom. The third-order valence-corrected chi connectivity index (χ3v) is 5.64. The Hall–Kier alpha value is -3.69. The molecule has 35 heavy (non-hydrogen) atoms. The van der Waals surface area contributed by atoms with Crippen LogP contribution >= 0.6 is 23.2 Å². The fourth-order valence-electron chi connectivity index (χ4n) is 3.26. The van der Waals surface area contributed by atoms with Crippen molar-refractivity contribution in [2.45, 2.75) is 26.8 Å². The van der Waals surface area contributed by atoms with Crippen molar-refractivity contribution in [3.8, 4) is 11.3 Å². The molecule has 0 unspecified atom stereocenters. The topological polar surface area (TPSA) is 127 Å². The number of halogens is 2. The molecule has 1 heterocycles. The van der Waals surface area contributed by atoms with Crippen LogP contribution in [-0.4, -0.2) is 29.0 Å². The molecule has 0 saturated heterocycles. The van der Waals surface area contributed by atoms with Crippen LogP contribution in [0.3, 0.4) is 0 Å². The zero-order valence-corrected chi connectivity index (χ0v) is 20.6. The number of amides is 2. The number of rotatable bonds is 8. The van der Waals surface area contributed by atoms with Gasteiger partial charge in [-0.2, -0.15) is 5.10 Å². The molecule has 0 spiro atoms. The number of carbonyl (C=O) groups excluding carboxylic acids is 2. The molecule has 9 nitrogen and oxygen atoms in total. The Bertz CT molecular complexity index is 1300. The van der Waals surface area contributed by atoms with Crippen LogP contribution in [0.2, 0.25) is 10.0 Å². The van der Waals surface area contributed by atoms with Crippen LogP contribution in [-0.2, 0) is 4.79 Å². The highest BCUT2D eigenvalue weighted by molar-refractivity contribution is 6.36. The van der Waals surface area contributed by atoms with E-state index in [2.05, 4.69) is 15.8 Å². The minimum atomic E-state index is -0.874. The predicted molar refractivity (Wildman–Crippen MR) is 134 cm³/mol. The Labute approximate surface area is 211 Å². The van der Waals surface area contributed by atoms with Crippen LogP contribution in [0.1, 0.15) is 35.5 Å². The van der Waals surface area contributed by atoms with Gasteiger partial charge in [0.15, 0.2) is 0 Å². The SMILES string of the molecule is Cc1cc([N+](=O)[O-])ccc1-c1ccc(/C=N\NC(=O)[C@@H](NC(=O)c2ccc(Cl)cc2Cl)C(C)C)o1. The quantitative estimate of drug-likeness (QED) is 0.236. The lowest BCUT2D eigenvalue weighted by atomic mass is 10.0. The minimum absolute atomic E-state index is 0.00700. The van der Waals surface area contributed by atoms with Gasteiger partial charge in [-0.25, -0.2) is 5.43 Å². The summed E-state index contributed by atoms with van der Waals surface area (Å²) in [6, 6.07) is 11.4. The number of hydrogen-bond donors (Lipinski definition) is 2. The number of nitro benzene ring substituents is 1. The van der Waals surface area contributed by atoms with E-state index in [-0.39, 0.29) is 22.2 Å². The van der Waals surface area contributed by atoms with E-state index in [1.165, 1.54) is 36.5 Å². The molecule has 2 N–H and O–H groups in total. The zero-order chi connectivity index (χ0) is 25.7. The fraction of sp³-hybridized carbons (Fsp3) is 0.208. The number of aryl methyl sites for hydroxylation is 1. The summed E-state index contributed by atoms with van der Waals surface area (Å²) < 4.78 is 5.72. The van der Waals surface area contributed by atoms with E-state index in [0.29, 0.717) is 27.7 Å². The number of hydrogen-bond acceptors (Lipinski definition) is 6. The lowest BCUT2D eigenvalue weighted by Crippen LogP contribution is -2.48. The molecule has 182 valence electrons. The summed E-state index contributed by atoms with van der Waals surface area (Å²) in [5.74, 6) is -0.416. The lowest BCUT2D eigenvalue weighted by molar-refractivity contribution is -0.384. The first kappa shape index (κ1) is 25.9. The minimum Gasteiger partial charge on any atom is -0.455 e. The number of hydrazone groups is 1. The number of nitro groups is 1. The summed E-state index contributed by atoms with van der Waals surface area (Å²) in [5, 5.41) is 18.1. The van der Waals surface area contributed by atoms with Gasteiger partial charge in [0.25, 0.3) is 17.5 Å². The zero-order valence-electron chi connectivity index (χ0n) is 19.0. The average molecular weight is 517 g/mol. The van der Waals surface area contributed by atoms with Crippen molar-refractivity contribution in [1.82, 2.24) is 10.7 Å². The second kappa shape index (κ2) is 11.2. The maximum atomic E-state index is 12.7. The monoisotopic (exact) mass is 516 g/mol. The van der Waals surface area contributed by atoms with E-state index >= 15 is 0 Å². The van der Waals surface area contributed by atoms with E-state index in [9.17, 15) is 19.7 Å². The summed E-state index contributed by atoms with van der Waals surface area (Å²) in [6.45, 7) is 5.31. The van der Waals surface area contributed by atoms with E-state index in [0.717, 1.165) is 0 Å². The summed E-state index contributed by atoms with van der Waals surface area (Å²) in [5.41, 5.74) is 3.97. The van der Waals surface area contributed by atoms with Gasteiger partial charge in [0.1, 0.15) is 17.6 Å². The Balaban J connectivity index is 1.66. The highest BCUT2D eigenvalue weighted by Crippen LogP contribution is 2.28. The summed E-state index contributed by atoms with van der Waals surface area (Å²) >= 11 is 12.0. The number of carbonyl (C=O) groups is 2. The van der Waals surface area contributed by atoms with E-state index in [4.69, 9.17) is 27.6 Å². The van der Waals surface area contributed by atoms with E-state index in [1.807, 2.05) is 0 Å². The van der Waals surface area contributed by atoms with Crippen LogP contribution < -0.4 is 10.7 Å². The van der Waals surface area contributed by atoms with Crippen LogP contribution in [0.5, 0.6) is 0 Å². The van der Waals surface area contributed by atoms with Crippen molar-refractivity contribution < 1.29 is 18.9 Å². The normalized spacial score (nSPS) is 12.1. The number of nitrogens with one attached hydrogen (secondary N) is 2. The molecule has 2 aromatic carbocycles. The Kier molecular flexibility index (Phi) is 8.26. The van der Waals surface area contributed by atoms with Crippen molar-refractivity contribution >= 4 is 46.9 Å². The molecule has 0 fully saturated rings. The molecule has 2 amide bonds. The number of nitrogens with zero attached hydrogens (tertiary/aromatic N) is 2. The molecule has 1 aromatic heterocycles. The van der Waals surface area contributed by atoms with Gasteiger partial charge in [0, 0.05) is 22.7 Å². The summed E-state index contributed by atoms with van der Waals surface area (Å²) in [7, 11) is 0. The van der Waals surface area contributed by atoms with E-state index < -0.39 is 22.8 Å². The fourth-order valence-corrected chi connectivity index (χ4v) is 3.76. The standard InChI is InChI=1S/C24H22Cl2N4O5/c1-13(2)22(28-23(31)19-7-4-15(25)11-20(19)26)24(32)29-27-12-17-6-9-21(35-17)18-8-5-16(30(33)34)10-14(18)3/h4-13,22H,1-3H3,(H,28,31)(H,29,32)/b27-12-/t22-/m0/s1. The second-order valence-corrected chi connectivity index (χ2v) is 8.86. The maximum absolute atomic E-state index is 12.7. The van der Waals surface area contributed by atoms with Crippen molar-refractivity contribution in [2.75, 3.05) is 0 Å². The number of non-ortho nitro benzene ring substituents is 1. The maximum Gasteiger partial charge on any atom is 0.269 e. The number of benzene rings is 2. The van der Waals surface area contributed by atoms with Crippen molar-refractivity contribution in [2.24, 2.45) is 11.0 Å². The molecule has 0 aliphatic heterocycles. The van der Waals surface area contributed by atoms with Gasteiger partial charge < -0.3 is 9.73 Å². The summed E-state index contributed by atoms with van der Waals surface area (Å²) in [6.07, 6.45) is 1.32. The average Bonchev–Trinajstić information content (AvgIpc) is 3.25. The van der Waals surface area contributed by atoms with E-state index in [1.54, 1.807) is 39.0 Å². The number of furan rings is 1. The first-order valence-electron chi connectivity index (χ1n) is 10.5. The van der Waals surface area contributed by atoms with Gasteiger partial charge in [0.2, 0.25) is 0 Å². The van der Waals surface area contributed by atoms with Crippen LogP contribution in [0.15, 0.2) is 58.0 Å². The van der Waals surface area contributed by atoms with Gasteiger partial charge in [0.05, 0.1) is 21.7 Å². The van der Waals surface area contributed by atoms with Gasteiger partial charge in [-0.3, -0.25) is 19.7 Å². The molecule has 0 aliphatic rings. The highest BCUT2D eigenvalue weighted by Gasteiger charge is 2.25. The molecule has 3 rings (SSSR count). The molecule has 3 aromatic rings.